The van der Waals surface area contributed by atoms with E-state index in [0.29, 0.717) is 12.0 Å². The van der Waals surface area contributed by atoms with E-state index in [-0.39, 0.29) is 18.0 Å². The highest BCUT2D eigenvalue weighted by molar-refractivity contribution is 14.1. The minimum Gasteiger partial charge on any atom is -0.493 e. The number of nitrogens with one attached hydrogen (secondary N) is 1. The summed E-state index contributed by atoms with van der Waals surface area (Å²) in [5.74, 6) is -0.695. The second-order valence-electron chi connectivity index (χ2n) is 6.86. The number of aryl methyl sites for hydroxylation is 1. The summed E-state index contributed by atoms with van der Waals surface area (Å²) in [4.78, 5) is 14.6. The molecule has 0 aliphatic rings. The number of alkyl halides is 3. The predicted molar refractivity (Wildman–Crippen MR) is 121 cm³/mol. The van der Waals surface area contributed by atoms with Gasteiger partial charge in [-0.3, -0.25) is 4.79 Å². The third-order valence-electron chi connectivity index (χ3n) is 4.75. The fraction of sp³-hybridized carbons (Fsp3) is 0.409. The van der Waals surface area contributed by atoms with Crippen LogP contribution in [0.1, 0.15) is 41.8 Å². The monoisotopic (exact) mass is 534 g/mol. The Balaban J connectivity index is 2.11. The van der Waals surface area contributed by atoms with Crippen LogP contribution in [0.15, 0.2) is 36.4 Å². The predicted octanol–water partition coefficient (Wildman–Crippen LogP) is 5.98. The van der Waals surface area contributed by atoms with E-state index in [1.165, 1.54) is 12.1 Å². The van der Waals surface area contributed by atoms with Gasteiger partial charge in [0, 0.05) is 21.4 Å². The molecule has 4 nitrogen and oxygen atoms in total. The zero-order chi connectivity index (χ0) is 22.3. The summed E-state index contributed by atoms with van der Waals surface area (Å²) >= 11 is 2.11. The molecule has 8 heteroatoms. The average molecular weight is 534 g/mol. The van der Waals surface area contributed by atoms with Crippen molar-refractivity contribution in [2.24, 2.45) is 0 Å². The number of amides is 1. The van der Waals surface area contributed by atoms with E-state index in [1.54, 1.807) is 18.2 Å². The molecule has 164 valence electrons. The molecule has 2 aromatic rings. The molecule has 0 saturated heterocycles. The second kappa shape index (κ2) is 11.0. The first-order valence-corrected chi connectivity index (χ1v) is 10.9. The van der Waals surface area contributed by atoms with Crippen LogP contribution in [0.2, 0.25) is 0 Å². The molecule has 0 unspecified atom stereocenters. The highest BCUT2D eigenvalue weighted by atomic mass is 127. The van der Waals surface area contributed by atoms with Gasteiger partial charge in [-0.2, -0.15) is 13.2 Å². The van der Waals surface area contributed by atoms with Crippen LogP contribution < -0.4 is 10.1 Å². The Morgan fingerprint density at radius 1 is 1.13 bits per heavy atom. The van der Waals surface area contributed by atoms with E-state index in [9.17, 15) is 18.0 Å². The van der Waals surface area contributed by atoms with Crippen molar-refractivity contribution in [1.82, 2.24) is 4.90 Å². The van der Waals surface area contributed by atoms with E-state index in [2.05, 4.69) is 32.8 Å². The summed E-state index contributed by atoms with van der Waals surface area (Å²) in [6.07, 6.45) is -3.96. The lowest BCUT2D eigenvalue weighted by atomic mass is 10.1. The number of halogens is 4. The molecule has 0 aliphatic heterocycles. The lowest BCUT2D eigenvalue weighted by Crippen LogP contribution is -2.25. The number of benzene rings is 2. The molecular formula is C22H26F3IN2O2. The maximum atomic E-state index is 13.5. The van der Waals surface area contributed by atoms with Gasteiger partial charge in [0.2, 0.25) is 0 Å². The van der Waals surface area contributed by atoms with Gasteiger partial charge < -0.3 is 15.0 Å². The molecule has 0 atom stereocenters. The van der Waals surface area contributed by atoms with Gasteiger partial charge in [0.25, 0.3) is 5.91 Å². The molecule has 2 aromatic carbocycles. The van der Waals surface area contributed by atoms with Crippen LogP contribution >= 0.6 is 22.6 Å². The Morgan fingerprint density at radius 3 is 2.43 bits per heavy atom. The molecule has 1 N–H and O–H groups in total. The van der Waals surface area contributed by atoms with Gasteiger partial charge in [-0.25, -0.2) is 0 Å². The first-order chi connectivity index (χ1) is 14.2. The van der Waals surface area contributed by atoms with Gasteiger partial charge >= 0.3 is 6.18 Å². The second-order valence-corrected chi connectivity index (χ2v) is 8.02. The van der Waals surface area contributed by atoms with E-state index in [1.807, 2.05) is 20.8 Å². The molecule has 2 rings (SSSR count). The number of ether oxygens (including phenoxy) is 1. The van der Waals surface area contributed by atoms with Gasteiger partial charge in [0.05, 0.1) is 12.2 Å². The molecule has 0 saturated carbocycles. The van der Waals surface area contributed by atoms with Crippen LogP contribution in [-0.4, -0.2) is 37.0 Å². The van der Waals surface area contributed by atoms with Crippen LogP contribution in [0, 0.1) is 10.5 Å². The van der Waals surface area contributed by atoms with Crippen molar-refractivity contribution in [1.29, 1.82) is 0 Å². The number of anilines is 1. The average Bonchev–Trinajstić information content (AvgIpc) is 2.70. The zero-order valence-corrected chi connectivity index (χ0v) is 19.4. The fourth-order valence-corrected chi connectivity index (χ4v) is 3.42. The van der Waals surface area contributed by atoms with Gasteiger partial charge in [-0.15, -0.1) is 0 Å². The number of carbonyl (C=O) groups excluding carboxylic acids is 1. The maximum Gasteiger partial charge on any atom is 0.420 e. The molecular weight excluding hydrogens is 508 g/mol. The largest absolute Gasteiger partial charge is 0.493 e. The Hall–Kier alpha value is -1.81. The first-order valence-electron chi connectivity index (χ1n) is 9.79. The fourth-order valence-electron chi connectivity index (χ4n) is 2.90. The van der Waals surface area contributed by atoms with E-state index in [0.717, 1.165) is 34.8 Å². The third kappa shape index (κ3) is 6.87. The van der Waals surface area contributed by atoms with Gasteiger partial charge in [-0.05, 0) is 84.9 Å². The Bertz CT molecular complexity index is 868. The van der Waals surface area contributed by atoms with Crippen molar-refractivity contribution >= 4 is 34.2 Å². The molecule has 0 fully saturated rings. The van der Waals surface area contributed by atoms with Crippen LogP contribution in [0.4, 0.5) is 18.9 Å². The van der Waals surface area contributed by atoms with Crippen molar-refractivity contribution in [3.05, 3.63) is 56.7 Å². The number of carbonyl (C=O) groups is 1. The molecule has 0 heterocycles. The van der Waals surface area contributed by atoms with Crippen molar-refractivity contribution in [2.45, 2.75) is 33.4 Å². The SMILES string of the molecule is CCN(CC)CCCOc1ccc(NC(=O)c2ccc(C)c(I)c2)cc1C(F)(F)F. The molecule has 0 spiro atoms. The Kier molecular flexibility index (Phi) is 8.96. The molecule has 0 aliphatic carbocycles. The van der Waals surface area contributed by atoms with Crippen LogP contribution in [0.25, 0.3) is 0 Å². The summed E-state index contributed by atoms with van der Waals surface area (Å²) in [6.45, 7) is 8.72. The quantitative estimate of drug-likeness (QED) is 0.318. The number of nitrogens with zero attached hydrogens (tertiary/aromatic N) is 1. The number of hydrogen-bond donors (Lipinski definition) is 1. The maximum absolute atomic E-state index is 13.5. The molecule has 0 radical (unpaired) electrons. The summed E-state index contributed by atoms with van der Waals surface area (Å²) in [5, 5.41) is 2.54. The number of hydrogen-bond acceptors (Lipinski definition) is 3. The van der Waals surface area contributed by atoms with E-state index < -0.39 is 17.6 Å². The lowest BCUT2D eigenvalue weighted by Gasteiger charge is -2.19. The molecule has 0 bridgehead atoms. The van der Waals surface area contributed by atoms with Crippen molar-refractivity contribution in [3.63, 3.8) is 0 Å². The summed E-state index contributed by atoms with van der Waals surface area (Å²) in [5.41, 5.74) is 0.573. The van der Waals surface area contributed by atoms with Gasteiger partial charge in [0.1, 0.15) is 5.75 Å². The lowest BCUT2D eigenvalue weighted by molar-refractivity contribution is -0.138. The van der Waals surface area contributed by atoms with Crippen molar-refractivity contribution < 1.29 is 22.7 Å². The number of rotatable bonds is 9. The molecule has 1 amide bonds. The summed E-state index contributed by atoms with van der Waals surface area (Å²) in [7, 11) is 0. The van der Waals surface area contributed by atoms with Crippen LogP contribution in [0.3, 0.4) is 0 Å². The first kappa shape index (κ1) is 24.5. The van der Waals surface area contributed by atoms with Crippen molar-refractivity contribution in [2.75, 3.05) is 31.6 Å². The van der Waals surface area contributed by atoms with Crippen molar-refractivity contribution in [3.8, 4) is 5.75 Å². The minimum atomic E-state index is -4.59. The highest BCUT2D eigenvalue weighted by Crippen LogP contribution is 2.38. The van der Waals surface area contributed by atoms with E-state index in [4.69, 9.17) is 4.74 Å². The Labute approximate surface area is 188 Å². The summed E-state index contributed by atoms with van der Waals surface area (Å²) in [6, 6.07) is 8.73. The zero-order valence-electron chi connectivity index (χ0n) is 17.3. The highest BCUT2D eigenvalue weighted by Gasteiger charge is 2.35. The minimum absolute atomic E-state index is 0.0680. The molecule has 0 aromatic heterocycles. The van der Waals surface area contributed by atoms with Gasteiger partial charge in [0.15, 0.2) is 0 Å². The smallest absolute Gasteiger partial charge is 0.420 e. The van der Waals surface area contributed by atoms with Crippen LogP contribution in [0.5, 0.6) is 5.75 Å². The third-order valence-corrected chi connectivity index (χ3v) is 5.91. The topological polar surface area (TPSA) is 41.6 Å². The Morgan fingerprint density at radius 2 is 1.83 bits per heavy atom. The standard InChI is InChI=1S/C22H26F3IN2O2/c1-4-28(5-2)11-6-12-30-20-10-9-17(14-18(20)22(23,24)25)27-21(29)16-8-7-15(3)19(26)13-16/h7-10,13-14H,4-6,11-12H2,1-3H3,(H,27,29). The molecule has 30 heavy (non-hydrogen) atoms. The van der Waals surface area contributed by atoms with E-state index >= 15 is 0 Å². The normalized spacial score (nSPS) is 11.6. The summed E-state index contributed by atoms with van der Waals surface area (Å²) < 4.78 is 46.9. The van der Waals surface area contributed by atoms with Crippen LogP contribution in [-0.2, 0) is 6.18 Å². The van der Waals surface area contributed by atoms with Gasteiger partial charge in [-0.1, -0.05) is 19.9 Å².